The van der Waals surface area contributed by atoms with Gasteiger partial charge < -0.3 is 26.0 Å². The van der Waals surface area contributed by atoms with Crippen LogP contribution in [0.4, 0.5) is 10.5 Å². The van der Waals surface area contributed by atoms with E-state index in [9.17, 15) is 14.4 Å². The quantitative estimate of drug-likeness (QED) is 0.547. The van der Waals surface area contributed by atoms with Crippen molar-refractivity contribution in [3.63, 3.8) is 0 Å². The highest BCUT2D eigenvalue weighted by Gasteiger charge is 2.09. The number of benzene rings is 2. The Morgan fingerprint density at radius 1 is 0.893 bits per heavy atom. The first kappa shape index (κ1) is 20.8. The smallest absolute Gasteiger partial charge is 0.319 e. The third-order valence-electron chi connectivity index (χ3n) is 4.01. The molecule has 4 amide bonds. The van der Waals surface area contributed by atoms with Gasteiger partial charge in [-0.3, -0.25) is 9.59 Å². The molecule has 0 heterocycles. The molecule has 0 saturated carbocycles. The molecular weight excluding hydrogens is 360 g/mol. The van der Waals surface area contributed by atoms with Crippen LogP contribution in [-0.2, 0) is 0 Å². The highest BCUT2D eigenvalue weighted by atomic mass is 16.5. The number of nitrogens with one attached hydrogen (secondary N) is 4. The topological polar surface area (TPSA) is 109 Å². The molecule has 2 aromatic rings. The molecule has 148 valence electrons. The first-order chi connectivity index (χ1) is 13.4. The van der Waals surface area contributed by atoms with Gasteiger partial charge in [-0.05, 0) is 55.0 Å². The maximum atomic E-state index is 12.0. The Morgan fingerprint density at radius 2 is 1.54 bits per heavy atom. The summed E-state index contributed by atoms with van der Waals surface area (Å²) in [5, 5.41) is 10.7. The van der Waals surface area contributed by atoms with E-state index in [0.717, 1.165) is 5.56 Å². The predicted octanol–water partition coefficient (Wildman–Crippen LogP) is 1.91. The number of amides is 4. The fourth-order valence-electron chi connectivity index (χ4n) is 2.45. The summed E-state index contributed by atoms with van der Waals surface area (Å²) in [4.78, 5) is 35.6. The van der Waals surface area contributed by atoms with E-state index >= 15 is 0 Å². The summed E-state index contributed by atoms with van der Waals surface area (Å²) < 4.78 is 5.05. The molecule has 0 spiro atoms. The second-order valence-electron chi connectivity index (χ2n) is 5.97. The molecule has 0 aliphatic rings. The number of ether oxygens (including phenoxy) is 1. The van der Waals surface area contributed by atoms with Gasteiger partial charge in [-0.15, -0.1) is 0 Å². The Balaban J connectivity index is 1.76. The van der Waals surface area contributed by atoms with Gasteiger partial charge in [0.15, 0.2) is 0 Å². The van der Waals surface area contributed by atoms with Crippen molar-refractivity contribution in [2.45, 2.75) is 6.92 Å². The Bertz CT molecular complexity index is 850. The van der Waals surface area contributed by atoms with E-state index in [1.807, 2.05) is 0 Å². The average molecular weight is 384 g/mol. The molecule has 0 bridgehead atoms. The van der Waals surface area contributed by atoms with E-state index in [2.05, 4.69) is 21.3 Å². The summed E-state index contributed by atoms with van der Waals surface area (Å²) in [5.41, 5.74) is 2.40. The number of hydrogen-bond donors (Lipinski definition) is 4. The summed E-state index contributed by atoms with van der Waals surface area (Å²) in [7, 11) is 3.12. The van der Waals surface area contributed by atoms with Gasteiger partial charge in [0.1, 0.15) is 5.75 Å². The minimum Gasteiger partial charge on any atom is -0.497 e. The van der Waals surface area contributed by atoms with Crippen LogP contribution in [0.15, 0.2) is 42.5 Å². The molecule has 0 atom stereocenters. The molecule has 2 aromatic carbocycles. The first-order valence-corrected chi connectivity index (χ1v) is 8.74. The number of hydrogen-bond acceptors (Lipinski definition) is 4. The molecule has 0 aliphatic carbocycles. The molecule has 4 N–H and O–H groups in total. The molecule has 0 aliphatic heterocycles. The van der Waals surface area contributed by atoms with E-state index < -0.39 is 6.03 Å². The summed E-state index contributed by atoms with van der Waals surface area (Å²) in [6.07, 6.45) is 0. The van der Waals surface area contributed by atoms with Crippen molar-refractivity contribution in [2.75, 3.05) is 32.6 Å². The lowest BCUT2D eigenvalue weighted by molar-refractivity contribution is 0.0949. The number of rotatable bonds is 7. The zero-order valence-electron chi connectivity index (χ0n) is 16.1. The van der Waals surface area contributed by atoms with Crippen LogP contribution in [0.5, 0.6) is 5.75 Å². The Morgan fingerprint density at radius 3 is 2.14 bits per heavy atom. The van der Waals surface area contributed by atoms with Gasteiger partial charge in [-0.25, -0.2) is 4.79 Å². The van der Waals surface area contributed by atoms with Crippen LogP contribution in [-0.4, -0.2) is 45.1 Å². The largest absolute Gasteiger partial charge is 0.497 e. The number of carbonyl (C=O) groups is 3. The first-order valence-electron chi connectivity index (χ1n) is 8.74. The number of carbonyl (C=O) groups excluding carboxylic acids is 3. The predicted molar refractivity (Wildman–Crippen MR) is 107 cm³/mol. The standard InChI is InChI=1S/C20H24N4O4/c1-13-12-15(18(25)21-2)6-9-17(13)24-20(27)23-11-10-22-19(26)14-4-7-16(28-3)8-5-14/h4-9,12H,10-11H2,1-3H3,(H,21,25)(H,22,26)(H2,23,24,27). The van der Waals surface area contributed by atoms with Crippen molar-refractivity contribution in [2.24, 2.45) is 0 Å². The highest BCUT2D eigenvalue weighted by Crippen LogP contribution is 2.16. The maximum Gasteiger partial charge on any atom is 0.319 e. The van der Waals surface area contributed by atoms with Crippen LogP contribution in [0.1, 0.15) is 26.3 Å². The highest BCUT2D eigenvalue weighted by molar-refractivity contribution is 5.96. The molecular formula is C20H24N4O4. The fraction of sp³-hybridized carbons (Fsp3) is 0.250. The van der Waals surface area contributed by atoms with Gasteiger partial charge in [0.2, 0.25) is 0 Å². The molecule has 0 aromatic heterocycles. The molecule has 2 rings (SSSR count). The molecule has 28 heavy (non-hydrogen) atoms. The van der Waals surface area contributed by atoms with Crippen molar-refractivity contribution in [3.05, 3.63) is 59.2 Å². The van der Waals surface area contributed by atoms with E-state index in [4.69, 9.17) is 4.74 Å². The Kier molecular flexibility index (Phi) is 7.38. The van der Waals surface area contributed by atoms with Crippen LogP contribution < -0.4 is 26.0 Å². The lowest BCUT2D eigenvalue weighted by atomic mass is 10.1. The third kappa shape index (κ3) is 5.73. The summed E-state index contributed by atoms with van der Waals surface area (Å²) in [6.45, 7) is 2.35. The van der Waals surface area contributed by atoms with Crippen LogP contribution >= 0.6 is 0 Å². The van der Waals surface area contributed by atoms with Crippen molar-refractivity contribution in [3.8, 4) is 5.75 Å². The summed E-state index contributed by atoms with van der Waals surface area (Å²) in [6, 6.07) is 11.4. The zero-order valence-corrected chi connectivity index (χ0v) is 16.1. The number of methoxy groups -OCH3 is 1. The molecule has 0 fully saturated rings. The van der Waals surface area contributed by atoms with Crippen molar-refractivity contribution in [1.82, 2.24) is 16.0 Å². The van der Waals surface area contributed by atoms with Gasteiger partial charge >= 0.3 is 6.03 Å². The van der Waals surface area contributed by atoms with Crippen molar-refractivity contribution >= 4 is 23.5 Å². The zero-order chi connectivity index (χ0) is 20.5. The van der Waals surface area contributed by atoms with Crippen molar-refractivity contribution < 1.29 is 19.1 Å². The second kappa shape index (κ2) is 9.96. The number of urea groups is 1. The van der Waals surface area contributed by atoms with Gasteiger partial charge in [0.05, 0.1) is 7.11 Å². The Hall–Kier alpha value is -3.55. The molecule has 0 radical (unpaired) electrons. The van der Waals surface area contributed by atoms with Crippen LogP contribution in [0.3, 0.4) is 0 Å². The second-order valence-corrected chi connectivity index (χ2v) is 5.97. The third-order valence-corrected chi connectivity index (χ3v) is 4.01. The normalized spacial score (nSPS) is 9.96. The maximum absolute atomic E-state index is 12.0. The summed E-state index contributed by atoms with van der Waals surface area (Å²) in [5.74, 6) is 0.255. The lowest BCUT2D eigenvalue weighted by Gasteiger charge is -2.11. The molecule has 0 unspecified atom stereocenters. The molecule has 8 heteroatoms. The van der Waals surface area contributed by atoms with Crippen molar-refractivity contribution in [1.29, 1.82) is 0 Å². The average Bonchev–Trinajstić information content (AvgIpc) is 2.72. The lowest BCUT2D eigenvalue weighted by Crippen LogP contribution is -2.36. The van der Waals surface area contributed by atoms with E-state index in [1.54, 1.807) is 63.5 Å². The number of anilines is 1. The van der Waals surface area contributed by atoms with Crippen LogP contribution in [0.25, 0.3) is 0 Å². The van der Waals surface area contributed by atoms with Crippen LogP contribution in [0, 0.1) is 6.92 Å². The van der Waals surface area contributed by atoms with Gasteiger partial charge in [0, 0.05) is 37.0 Å². The van der Waals surface area contributed by atoms with Gasteiger partial charge in [0.25, 0.3) is 11.8 Å². The number of aryl methyl sites for hydroxylation is 1. The fourth-order valence-corrected chi connectivity index (χ4v) is 2.45. The van der Waals surface area contributed by atoms with Crippen LogP contribution in [0.2, 0.25) is 0 Å². The van der Waals surface area contributed by atoms with Gasteiger partial charge in [-0.2, -0.15) is 0 Å². The van der Waals surface area contributed by atoms with E-state index in [-0.39, 0.29) is 24.9 Å². The minimum absolute atomic E-state index is 0.188. The monoisotopic (exact) mass is 384 g/mol. The minimum atomic E-state index is -0.394. The molecule has 8 nitrogen and oxygen atoms in total. The Labute approximate surface area is 163 Å². The van der Waals surface area contributed by atoms with E-state index in [0.29, 0.717) is 22.6 Å². The van der Waals surface area contributed by atoms with Gasteiger partial charge in [-0.1, -0.05) is 0 Å². The molecule has 0 saturated heterocycles. The SMILES string of the molecule is CNC(=O)c1ccc(NC(=O)NCCNC(=O)c2ccc(OC)cc2)c(C)c1. The van der Waals surface area contributed by atoms with E-state index in [1.165, 1.54) is 0 Å². The summed E-state index contributed by atoms with van der Waals surface area (Å²) >= 11 is 0.